The first-order valence-corrected chi connectivity index (χ1v) is 10.0. The van der Waals surface area contributed by atoms with Gasteiger partial charge in [0.2, 0.25) is 0 Å². The summed E-state index contributed by atoms with van der Waals surface area (Å²) in [6.45, 7) is 1.75. The fraction of sp³-hybridized carbons (Fsp3) is 0.0385. The zero-order valence-electron chi connectivity index (χ0n) is 17.4. The lowest BCUT2D eigenvalue weighted by Crippen LogP contribution is -2.20. The molecule has 0 aromatic heterocycles. The fourth-order valence-electron chi connectivity index (χ4n) is 3.37. The number of carbonyl (C=O) groups is 2. The van der Waals surface area contributed by atoms with Gasteiger partial charge in [-0.25, -0.2) is 5.43 Å². The van der Waals surface area contributed by atoms with Gasteiger partial charge in [0.15, 0.2) is 0 Å². The molecule has 0 aliphatic heterocycles. The van der Waals surface area contributed by atoms with Crippen molar-refractivity contribution >= 4 is 34.0 Å². The first kappa shape index (κ1) is 20.8. The third kappa shape index (κ3) is 4.49. The van der Waals surface area contributed by atoms with Gasteiger partial charge in [-0.3, -0.25) is 9.59 Å². The first-order chi connectivity index (χ1) is 15.5. The van der Waals surface area contributed by atoms with Crippen LogP contribution in [0.5, 0.6) is 5.75 Å². The molecule has 0 aliphatic rings. The SMILES string of the molecule is C/C(=N/NC(=O)c1c(O)ccc2ccccc12)c1cccc(NC(=O)c2ccccc2)c1. The quantitative estimate of drug-likeness (QED) is 0.313. The molecular formula is C26H21N3O3. The molecule has 0 aliphatic carbocycles. The molecule has 0 fully saturated rings. The Bertz CT molecular complexity index is 1330. The average molecular weight is 423 g/mol. The molecule has 0 spiro atoms. The first-order valence-electron chi connectivity index (χ1n) is 10.0. The van der Waals surface area contributed by atoms with Gasteiger partial charge in [0.25, 0.3) is 11.8 Å². The lowest BCUT2D eigenvalue weighted by molar-refractivity contribution is 0.0953. The summed E-state index contributed by atoms with van der Waals surface area (Å²) in [7, 11) is 0. The number of phenols is 1. The van der Waals surface area contributed by atoms with Crippen LogP contribution in [0, 0.1) is 0 Å². The second-order valence-corrected chi connectivity index (χ2v) is 7.22. The van der Waals surface area contributed by atoms with Gasteiger partial charge in [-0.15, -0.1) is 0 Å². The highest BCUT2D eigenvalue weighted by atomic mass is 16.3. The van der Waals surface area contributed by atoms with Crippen molar-refractivity contribution in [3.05, 3.63) is 108 Å². The second kappa shape index (κ2) is 9.14. The van der Waals surface area contributed by atoms with Crippen molar-refractivity contribution in [1.82, 2.24) is 5.43 Å². The predicted octanol–water partition coefficient (Wildman–Crippen LogP) is 4.95. The van der Waals surface area contributed by atoms with E-state index in [4.69, 9.17) is 0 Å². The molecule has 3 N–H and O–H groups in total. The van der Waals surface area contributed by atoms with E-state index in [9.17, 15) is 14.7 Å². The van der Waals surface area contributed by atoms with Crippen molar-refractivity contribution in [2.24, 2.45) is 5.10 Å². The van der Waals surface area contributed by atoms with Crippen LogP contribution in [0.1, 0.15) is 33.2 Å². The number of amides is 2. The highest BCUT2D eigenvalue weighted by Gasteiger charge is 2.15. The van der Waals surface area contributed by atoms with Gasteiger partial charge in [0, 0.05) is 11.3 Å². The standard InChI is InChI=1S/C26H21N3O3/c1-17(20-11-7-12-21(16-20)27-25(31)19-9-3-2-4-10-19)28-29-26(32)24-22-13-6-5-8-18(22)14-15-23(24)30/h2-16,30H,1H3,(H,27,31)(H,29,32)/b28-17-. The Morgan fingerprint density at radius 3 is 2.31 bits per heavy atom. The monoisotopic (exact) mass is 423 g/mol. The Morgan fingerprint density at radius 1 is 0.781 bits per heavy atom. The van der Waals surface area contributed by atoms with Gasteiger partial charge in [-0.05, 0) is 53.6 Å². The zero-order valence-corrected chi connectivity index (χ0v) is 17.4. The molecule has 0 heterocycles. The highest BCUT2D eigenvalue weighted by Crippen LogP contribution is 2.27. The van der Waals surface area contributed by atoms with E-state index >= 15 is 0 Å². The summed E-state index contributed by atoms with van der Waals surface area (Å²) in [4.78, 5) is 25.1. The van der Waals surface area contributed by atoms with Crippen LogP contribution < -0.4 is 10.7 Å². The van der Waals surface area contributed by atoms with E-state index < -0.39 is 5.91 Å². The fourth-order valence-corrected chi connectivity index (χ4v) is 3.37. The van der Waals surface area contributed by atoms with E-state index in [1.165, 1.54) is 6.07 Å². The molecule has 4 rings (SSSR count). The molecule has 0 unspecified atom stereocenters. The molecule has 0 bridgehead atoms. The number of fused-ring (bicyclic) bond motifs is 1. The Hall–Kier alpha value is -4.45. The van der Waals surface area contributed by atoms with E-state index in [1.54, 1.807) is 61.5 Å². The number of phenolic OH excluding ortho intramolecular Hbond substituents is 1. The number of nitrogens with one attached hydrogen (secondary N) is 2. The zero-order chi connectivity index (χ0) is 22.5. The second-order valence-electron chi connectivity index (χ2n) is 7.22. The number of aromatic hydroxyl groups is 1. The maximum absolute atomic E-state index is 12.7. The van der Waals surface area contributed by atoms with E-state index in [-0.39, 0.29) is 17.2 Å². The topological polar surface area (TPSA) is 90.8 Å². The Balaban J connectivity index is 1.52. The summed E-state index contributed by atoms with van der Waals surface area (Å²) < 4.78 is 0. The summed E-state index contributed by atoms with van der Waals surface area (Å²) >= 11 is 0. The van der Waals surface area contributed by atoms with Gasteiger partial charge in [-0.1, -0.05) is 60.7 Å². The van der Waals surface area contributed by atoms with E-state index in [2.05, 4.69) is 15.8 Å². The molecule has 0 saturated heterocycles. The van der Waals surface area contributed by atoms with Crippen LogP contribution in [-0.4, -0.2) is 22.6 Å². The number of rotatable bonds is 5. The highest BCUT2D eigenvalue weighted by molar-refractivity contribution is 6.10. The minimum atomic E-state index is -0.507. The van der Waals surface area contributed by atoms with Crippen LogP contribution in [0.3, 0.4) is 0 Å². The third-order valence-corrected chi connectivity index (χ3v) is 5.03. The number of hydrogen-bond acceptors (Lipinski definition) is 4. The summed E-state index contributed by atoms with van der Waals surface area (Å²) in [5.74, 6) is -0.830. The Morgan fingerprint density at radius 2 is 1.50 bits per heavy atom. The Kier molecular flexibility index (Phi) is 5.94. The number of hydrazone groups is 1. The molecular weight excluding hydrogens is 402 g/mol. The molecule has 0 radical (unpaired) electrons. The van der Waals surface area contributed by atoms with Crippen molar-refractivity contribution in [3.8, 4) is 5.75 Å². The molecule has 6 nitrogen and oxygen atoms in total. The largest absolute Gasteiger partial charge is 0.507 e. The van der Waals surface area contributed by atoms with E-state index in [0.717, 1.165) is 10.9 Å². The lowest BCUT2D eigenvalue weighted by atomic mass is 10.0. The lowest BCUT2D eigenvalue weighted by Gasteiger charge is -2.09. The van der Waals surface area contributed by atoms with E-state index in [1.807, 2.05) is 30.3 Å². The van der Waals surface area contributed by atoms with Gasteiger partial charge in [0.05, 0.1) is 11.3 Å². The number of carbonyl (C=O) groups excluding carboxylic acids is 2. The summed E-state index contributed by atoms with van der Waals surface area (Å²) in [5.41, 5.74) is 5.15. The summed E-state index contributed by atoms with van der Waals surface area (Å²) in [6, 6.07) is 26.7. The van der Waals surface area contributed by atoms with Crippen LogP contribution in [-0.2, 0) is 0 Å². The van der Waals surface area contributed by atoms with Crippen molar-refractivity contribution in [3.63, 3.8) is 0 Å². The van der Waals surface area contributed by atoms with Crippen molar-refractivity contribution < 1.29 is 14.7 Å². The minimum Gasteiger partial charge on any atom is -0.507 e. The molecule has 0 atom stereocenters. The van der Waals surface area contributed by atoms with Crippen LogP contribution in [0.15, 0.2) is 96.1 Å². The maximum Gasteiger partial charge on any atom is 0.275 e. The van der Waals surface area contributed by atoms with Crippen LogP contribution in [0.25, 0.3) is 10.8 Å². The van der Waals surface area contributed by atoms with E-state index in [0.29, 0.717) is 22.3 Å². The number of hydrogen-bond donors (Lipinski definition) is 3. The van der Waals surface area contributed by atoms with Gasteiger partial charge >= 0.3 is 0 Å². The molecule has 0 saturated carbocycles. The van der Waals surface area contributed by atoms with Gasteiger partial charge in [0.1, 0.15) is 5.75 Å². The normalized spacial score (nSPS) is 11.2. The number of anilines is 1. The molecule has 2 amide bonds. The van der Waals surface area contributed by atoms with Gasteiger partial charge < -0.3 is 10.4 Å². The molecule has 158 valence electrons. The van der Waals surface area contributed by atoms with Crippen LogP contribution in [0.2, 0.25) is 0 Å². The molecule has 4 aromatic carbocycles. The number of benzene rings is 4. The summed E-state index contributed by atoms with van der Waals surface area (Å²) in [5, 5.41) is 18.8. The van der Waals surface area contributed by atoms with Crippen molar-refractivity contribution in [2.45, 2.75) is 6.92 Å². The predicted molar refractivity (Wildman–Crippen MR) is 126 cm³/mol. The molecule has 32 heavy (non-hydrogen) atoms. The molecule has 4 aromatic rings. The average Bonchev–Trinajstić information content (AvgIpc) is 2.83. The van der Waals surface area contributed by atoms with Crippen LogP contribution >= 0.6 is 0 Å². The van der Waals surface area contributed by atoms with Gasteiger partial charge in [-0.2, -0.15) is 5.10 Å². The van der Waals surface area contributed by atoms with Crippen molar-refractivity contribution in [2.75, 3.05) is 5.32 Å². The Labute approximate surface area is 185 Å². The number of nitrogens with zero attached hydrogens (tertiary/aromatic N) is 1. The minimum absolute atomic E-state index is 0.111. The third-order valence-electron chi connectivity index (χ3n) is 5.03. The smallest absolute Gasteiger partial charge is 0.275 e. The van der Waals surface area contributed by atoms with Crippen LogP contribution in [0.4, 0.5) is 5.69 Å². The summed E-state index contributed by atoms with van der Waals surface area (Å²) in [6.07, 6.45) is 0. The maximum atomic E-state index is 12.7. The molecule has 6 heteroatoms. The van der Waals surface area contributed by atoms with Crippen molar-refractivity contribution in [1.29, 1.82) is 0 Å².